The normalized spacial score (nSPS) is 10.8. The number of tetrazole rings is 1. The highest BCUT2D eigenvalue weighted by atomic mass is 19.1. The zero-order chi connectivity index (χ0) is 17.1. The number of halogens is 1. The summed E-state index contributed by atoms with van der Waals surface area (Å²) in [6.07, 6.45) is 0. The van der Waals surface area contributed by atoms with Crippen molar-refractivity contribution in [3.63, 3.8) is 0 Å². The Morgan fingerprint density at radius 1 is 1.17 bits per heavy atom. The number of carbonyl (C=O) groups excluding carboxylic acids is 1. The monoisotopic (exact) mass is 325 g/mol. The van der Waals surface area contributed by atoms with Crippen molar-refractivity contribution in [2.24, 2.45) is 0 Å². The van der Waals surface area contributed by atoms with Crippen LogP contribution in [-0.4, -0.2) is 26.1 Å². The van der Waals surface area contributed by atoms with Gasteiger partial charge in [-0.2, -0.15) is 0 Å². The summed E-state index contributed by atoms with van der Waals surface area (Å²) in [6, 6.07) is 12.8. The van der Waals surface area contributed by atoms with Crippen LogP contribution in [0.2, 0.25) is 0 Å². The van der Waals surface area contributed by atoms with Gasteiger partial charge in [-0.15, -0.1) is 5.10 Å². The van der Waals surface area contributed by atoms with Crippen LogP contribution in [0.15, 0.2) is 48.5 Å². The van der Waals surface area contributed by atoms with Crippen molar-refractivity contribution in [1.82, 2.24) is 20.2 Å². The lowest BCUT2D eigenvalue weighted by Crippen LogP contribution is -2.12. The van der Waals surface area contributed by atoms with Gasteiger partial charge in [0.05, 0.1) is 6.04 Å². The number of carbonyl (C=O) groups is 1. The number of nitrogens with one attached hydrogen (secondary N) is 1. The minimum atomic E-state index is -0.405. The number of hydrogen-bond acceptors (Lipinski definition) is 4. The first-order valence-corrected chi connectivity index (χ1v) is 7.50. The number of amides is 1. The molecule has 0 radical (unpaired) electrons. The van der Waals surface area contributed by atoms with Crippen molar-refractivity contribution in [3.8, 4) is 11.4 Å². The molecule has 0 aliphatic heterocycles. The minimum Gasteiger partial charge on any atom is -0.322 e. The third kappa shape index (κ3) is 3.29. The molecule has 0 fully saturated rings. The Bertz CT molecular complexity index is 875. The van der Waals surface area contributed by atoms with E-state index in [0.29, 0.717) is 17.1 Å². The molecule has 1 aromatic heterocycles. The minimum absolute atomic E-state index is 0.0970. The lowest BCUT2D eigenvalue weighted by atomic mass is 10.1. The van der Waals surface area contributed by atoms with Crippen LogP contribution in [-0.2, 0) is 0 Å². The van der Waals surface area contributed by atoms with E-state index < -0.39 is 5.82 Å². The first-order valence-electron chi connectivity index (χ1n) is 7.50. The Morgan fingerprint density at radius 3 is 2.71 bits per heavy atom. The third-order valence-corrected chi connectivity index (χ3v) is 3.45. The van der Waals surface area contributed by atoms with E-state index in [1.807, 2.05) is 19.9 Å². The van der Waals surface area contributed by atoms with Crippen molar-refractivity contribution in [2.75, 3.05) is 5.32 Å². The molecule has 3 aromatic rings. The average molecular weight is 325 g/mol. The topological polar surface area (TPSA) is 72.7 Å². The maximum Gasteiger partial charge on any atom is 0.255 e. The van der Waals surface area contributed by atoms with E-state index in [2.05, 4.69) is 20.8 Å². The van der Waals surface area contributed by atoms with Crippen LogP contribution in [0.3, 0.4) is 0 Å². The van der Waals surface area contributed by atoms with Crippen LogP contribution >= 0.6 is 0 Å². The van der Waals surface area contributed by atoms with E-state index >= 15 is 0 Å². The Labute approximate surface area is 138 Å². The second kappa shape index (κ2) is 6.57. The first-order chi connectivity index (χ1) is 11.5. The van der Waals surface area contributed by atoms with Crippen LogP contribution in [0.5, 0.6) is 0 Å². The highest BCUT2D eigenvalue weighted by molar-refractivity contribution is 6.04. The number of nitrogens with zero attached hydrogens (tertiary/aromatic N) is 4. The van der Waals surface area contributed by atoms with Crippen LogP contribution in [0, 0.1) is 5.82 Å². The van der Waals surface area contributed by atoms with Gasteiger partial charge >= 0.3 is 0 Å². The van der Waals surface area contributed by atoms with Crippen molar-refractivity contribution in [2.45, 2.75) is 19.9 Å². The molecule has 122 valence electrons. The van der Waals surface area contributed by atoms with Crippen molar-refractivity contribution < 1.29 is 9.18 Å². The Kier molecular flexibility index (Phi) is 4.33. The summed E-state index contributed by atoms with van der Waals surface area (Å²) in [5.41, 5.74) is 1.58. The van der Waals surface area contributed by atoms with Crippen molar-refractivity contribution >= 4 is 11.6 Å². The standard InChI is InChI=1S/C17H16FN5O/c1-11(2)23-16(20-21-22-23)12-5-3-6-13(9-12)17(24)19-15-8-4-7-14(18)10-15/h3-11H,1-2H3,(H,19,24). The molecule has 24 heavy (non-hydrogen) atoms. The van der Waals surface area contributed by atoms with Gasteiger partial charge in [0.15, 0.2) is 5.82 Å². The molecule has 0 bridgehead atoms. The van der Waals surface area contributed by atoms with Crippen molar-refractivity contribution in [3.05, 3.63) is 59.9 Å². The van der Waals surface area contributed by atoms with Crippen molar-refractivity contribution in [1.29, 1.82) is 0 Å². The third-order valence-electron chi connectivity index (χ3n) is 3.45. The van der Waals surface area contributed by atoms with Crippen LogP contribution in [0.25, 0.3) is 11.4 Å². The zero-order valence-corrected chi connectivity index (χ0v) is 13.3. The second-order valence-corrected chi connectivity index (χ2v) is 5.59. The summed E-state index contributed by atoms with van der Waals surface area (Å²) in [6.45, 7) is 3.95. The molecule has 1 N–H and O–H groups in total. The van der Waals surface area contributed by atoms with Gasteiger partial charge in [0.2, 0.25) is 0 Å². The maximum atomic E-state index is 13.2. The molecule has 2 aromatic carbocycles. The number of benzene rings is 2. The summed E-state index contributed by atoms with van der Waals surface area (Å²) in [7, 11) is 0. The van der Waals surface area contributed by atoms with Gasteiger partial charge < -0.3 is 5.32 Å². The molecule has 0 saturated heterocycles. The van der Waals surface area contributed by atoms with E-state index in [1.165, 1.54) is 18.2 Å². The van der Waals surface area contributed by atoms with E-state index in [-0.39, 0.29) is 11.9 Å². The Morgan fingerprint density at radius 2 is 1.96 bits per heavy atom. The first kappa shape index (κ1) is 15.8. The van der Waals surface area contributed by atoms with Crippen LogP contribution < -0.4 is 5.32 Å². The maximum absolute atomic E-state index is 13.2. The van der Waals surface area contributed by atoms with Gasteiger partial charge in [-0.3, -0.25) is 4.79 Å². The molecular weight excluding hydrogens is 309 g/mol. The lowest BCUT2D eigenvalue weighted by Gasteiger charge is -2.09. The van der Waals surface area contributed by atoms with Crippen LogP contribution in [0.1, 0.15) is 30.2 Å². The van der Waals surface area contributed by atoms with E-state index in [9.17, 15) is 9.18 Å². The number of rotatable bonds is 4. The van der Waals surface area contributed by atoms with Gasteiger partial charge in [0.25, 0.3) is 5.91 Å². The molecule has 3 rings (SSSR count). The smallest absolute Gasteiger partial charge is 0.255 e. The van der Waals surface area contributed by atoms with Gasteiger partial charge in [-0.25, -0.2) is 9.07 Å². The predicted molar refractivity (Wildman–Crippen MR) is 88.0 cm³/mol. The Balaban J connectivity index is 1.87. The fourth-order valence-corrected chi connectivity index (χ4v) is 2.30. The molecule has 0 saturated carbocycles. The second-order valence-electron chi connectivity index (χ2n) is 5.59. The SMILES string of the molecule is CC(C)n1nnnc1-c1cccc(C(=O)Nc2cccc(F)c2)c1. The van der Waals surface area contributed by atoms with Gasteiger partial charge in [0.1, 0.15) is 5.82 Å². The molecule has 0 aliphatic carbocycles. The molecule has 0 aliphatic rings. The summed E-state index contributed by atoms with van der Waals surface area (Å²) in [5, 5.41) is 14.3. The number of anilines is 1. The molecule has 0 spiro atoms. The van der Waals surface area contributed by atoms with Gasteiger partial charge in [-0.1, -0.05) is 18.2 Å². The van der Waals surface area contributed by atoms with Gasteiger partial charge in [0, 0.05) is 16.8 Å². The highest BCUT2D eigenvalue weighted by Crippen LogP contribution is 2.20. The molecule has 1 amide bonds. The van der Waals surface area contributed by atoms with E-state index in [4.69, 9.17) is 0 Å². The lowest BCUT2D eigenvalue weighted by molar-refractivity contribution is 0.102. The molecule has 0 atom stereocenters. The summed E-state index contributed by atoms with van der Waals surface area (Å²) >= 11 is 0. The fraction of sp³-hybridized carbons (Fsp3) is 0.176. The molecule has 0 unspecified atom stereocenters. The molecular formula is C17H16FN5O. The number of hydrogen-bond donors (Lipinski definition) is 1. The summed E-state index contributed by atoms with van der Waals surface area (Å²) < 4.78 is 14.9. The van der Waals surface area contributed by atoms with Gasteiger partial charge in [-0.05, 0) is 54.6 Å². The predicted octanol–water partition coefficient (Wildman–Crippen LogP) is 3.31. The summed E-state index contributed by atoms with van der Waals surface area (Å²) in [5.74, 6) is -0.144. The Hall–Kier alpha value is -3.09. The van der Waals surface area contributed by atoms with Crippen LogP contribution in [0.4, 0.5) is 10.1 Å². The summed E-state index contributed by atoms with van der Waals surface area (Å²) in [4.78, 5) is 12.4. The fourth-order valence-electron chi connectivity index (χ4n) is 2.30. The average Bonchev–Trinajstić information content (AvgIpc) is 3.05. The molecule has 7 heteroatoms. The largest absolute Gasteiger partial charge is 0.322 e. The number of aromatic nitrogens is 4. The van der Waals surface area contributed by atoms with E-state index in [1.54, 1.807) is 28.9 Å². The zero-order valence-electron chi connectivity index (χ0n) is 13.3. The molecule has 6 nitrogen and oxygen atoms in total. The highest BCUT2D eigenvalue weighted by Gasteiger charge is 2.14. The van der Waals surface area contributed by atoms with E-state index in [0.717, 1.165) is 5.56 Å². The molecule has 1 heterocycles. The quantitative estimate of drug-likeness (QED) is 0.799.